The molecule has 0 bridgehead atoms. The summed E-state index contributed by atoms with van der Waals surface area (Å²) in [5.41, 5.74) is -0.591. The molecule has 1 aliphatic heterocycles. The Bertz CT molecular complexity index is 422. The van der Waals surface area contributed by atoms with Crippen LogP contribution in [-0.2, 0) is 5.92 Å². The summed E-state index contributed by atoms with van der Waals surface area (Å²) in [5, 5.41) is 0. The maximum Gasteiger partial charge on any atom is 0.314 e. The quantitative estimate of drug-likeness (QED) is 0.701. The lowest BCUT2D eigenvalue weighted by Crippen LogP contribution is -2.39. The van der Waals surface area contributed by atoms with E-state index >= 15 is 0 Å². The van der Waals surface area contributed by atoms with Gasteiger partial charge in [0.2, 0.25) is 0 Å². The SMILES string of the molecule is CC(C)c1cccc2c1OC(C)(C)C2(F)F. The molecule has 1 heterocycles. The number of para-hydroxylation sites is 1. The predicted octanol–water partition coefficient (Wildman–Crippen LogP) is 4.07. The van der Waals surface area contributed by atoms with Crippen LogP contribution in [0.1, 0.15) is 44.7 Å². The van der Waals surface area contributed by atoms with Gasteiger partial charge in [0.25, 0.3) is 0 Å². The first-order chi connectivity index (χ1) is 7.27. The van der Waals surface area contributed by atoms with Gasteiger partial charge in [-0.15, -0.1) is 0 Å². The molecule has 0 spiro atoms. The van der Waals surface area contributed by atoms with Gasteiger partial charge in [-0.2, -0.15) is 8.78 Å². The first-order valence-electron chi connectivity index (χ1n) is 5.47. The van der Waals surface area contributed by atoms with Crippen LogP contribution in [0.2, 0.25) is 0 Å². The highest BCUT2D eigenvalue weighted by Crippen LogP contribution is 2.53. The van der Waals surface area contributed by atoms with Crippen molar-refractivity contribution in [3.8, 4) is 5.75 Å². The van der Waals surface area contributed by atoms with Gasteiger partial charge in [0.1, 0.15) is 5.75 Å². The molecular weight excluding hydrogens is 210 g/mol. The van der Waals surface area contributed by atoms with Crippen LogP contribution in [0.3, 0.4) is 0 Å². The zero-order chi connectivity index (χ0) is 12.1. The van der Waals surface area contributed by atoms with Gasteiger partial charge in [-0.05, 0) is 31.4 Å². The molecule has 16 heavy (non-hydrogen) atoms. The molecule has 0 fully saturated rings. The molecule has 0 saturated heterocycles. The third-order valence-corrected chi connectivity index (χ3v) is 3.12. The Balaban J connectivity index is 2.63. The van der Waals surface area contributed by atoms with Crippen molar-refractivity contribution in [2.24, 2.45) is 0 Å². The molecule has 0 atom stereocenters. The summed E-state index contributed by atoms with van der Waals surface area (Å²) in [6.07, 6.45) is 0. The molecule has 3 heteroatoms. The Hall–Kier alpha value is -1.12. The van der Waals surface area contributed by atoms with Crippen molar-refractivity contribution in [3.63, 3.8) is 0 Å². The number of benzene rings is 1. The largest absolute Gasteiger partial charge is 0.480 e. The monoisotopic (exact) mass is 226 g/mol. The maximum absolute atomic E-state index is 14.0. The van der Waals surface area contributed by atoms with Gasteiger partial charge in [0.05, 0.1) is 5.56 Å². The molecule has 1 nitrogen and oxygen atoms in total. The number of hydrogen-bond acceptors (Lipinski definition) is 1. The summed E-state index contributed by atoms with van der Waals surface area (Å²) in [6.45, 7) is 6.80. The van der Waals surface area contributed by atoms with Crippen LogP contribution in [0.15, 0.2) is 18.2 Å². The summed E-state index contributed by atoms with van der Waals surface area (Å²) in [6, 6.07) is 4.98. The molecule has 1 aromatic rings. The minimum atomic E-state index is -2.92. The van der Waals surface area contributed by atoms with Gasteiger partial charge in [-0.3, -0.25) is 0 Å². The van der Waals surface area contributed by atoms with E-state index in [9.17, 15) is 8.78 Å². The van der Waals surface area contributed by atoms with Gasteiger partial charge in [0, 0.05) is 0 Å². The molecule has 1 aliphatic rings. The average Bonchev–Trinajstić information content (AvgIpc) is 2.33. The van der Waals surface area contributed by atoms with Crippen molar-refractivity contribution in [2.45, 2.75) is 45.1 Å². The third-order valence-electron chi connectivity index (χ3n) is 3.12. The lowest BCUT2D eigenvalue weighted by atomic mass is 9.93. The number of halogens is 2. The number of fused-ring (bicyclic) bond motifs is 1. The van der Waals surface area contributed by atoms with E-state index in [1.165, 1.54) is 19.9 Å². The van der Waals surface area contributed by atoms with Crippen LogP contribution < -0.4 is 4.74 Å². The second-order valence-electron chi connectivity index (χ2n) is 5.07. The van der Waals surface area contributed by atoms with Crippen LogP contribution >= 0.6 is 0 Å². The summed E-state index contributed by atoms with van der Waals surface area (Å²) in [7, 11) is 0. The van der Waals surface area contributed by atoms with Gasteiger partial charge in [-0.1, -0.05) is 26.0 Å². The van der Waals surface area contributed by atoms with E-state index in [1.807, 2.05) is 19.9 Å². The number of rotatable bonds is 1. The Morgan fingerprint density at radius 3 is 2.38 bits per heavy atom. The fraction of sp³-hybridized carbons (Fsp3) is 0.538. The van der Waals surface area contributed by atoms with Gasteiger partial charge in [0.15, 0.2) is 5.60 Å². The number of alkyl halides is 2. The predicted molar refractivity (Wildman–Crippen MR) is 59.1 cm³/mol. The second kappa shape index (κ2) is 3.19. The zero-order valence-corrected chi connectivity index (χ0v) is 9.97. The minimum Gasteiger partial charge on any atom is -0.480 e. The van der Waals surface area contributed by atoms with E-state index in [0.717, 1.165) is 5.56 Å². The van der Waals surface area contributed by atoms with Crippen molar-refractivity contribution < 1.29 is 13.5 Å². The fourth-order valence-corrected chi connectivity index (χ4v) is 2.01. The van der Waals surface area contributed by atoms with Gasteiger partial charge in [-0.25, -0.2) is 0 Å². The Morgan fingerprint density at radius 2 is 1.81 bits per heavy atom. The van der Waals surface area contributed by atoms with Crippen molar-refractivity contribution in [1.29, 1.82) is 0 Å². The van der Waals surface area contributed by atoms with Crippen molar-refractivity contribution in [1.82, 2.24) is 0 Å². The van der Waals surface area contributed by atoms with Crippen molar-refractivity contribution >= 4 is 0 Å². The third kappa shape index (κ3) is 1.34. The van der Waals surface area contributed by atoms with Crippen molar-refractivity contribution in [2.75, 3.05) is 0 Å². The topological polar surface area (TPSA) is 9.23 Å². The molecule has 0 unspecified atom stereocenters. The number of hydrogen-bond donors (Lipinski definition) is 0. The normalized spacial score (nSPS) is 20.7. The number of ether oxygens (including phenoxy) is 1. The Morgan fingerprint density at radius 1 is 1.19 bits per heavy atom. The molecule has 0 saturated carbocycles. The van der Waals surface area contributed by atoms with E-state index in [4.69, 9.17) is 4.74 Å². The molecule has 0 aliphatic carbocycles. The highest BCUT2D eigenvalue weighted by atomic mass is 19.3. The van der Waals surface area contributed by atoms with Crippen LogP contribution in [0.5, 0.6) is 5.75 Å². The molecule has 0 aromatic heterocycles. The Kier molecular flexibility index (Phi) is 2.26. The van der Waals surface area contributed by atoms with Crippen LogP contribution in [0.4, 0.5) is 8.78 Å². The van der Waals surface area contributed by atoms with Crippen LogP contribution in [0, 0.1) is 0 Å². The van der Waals surface area contributed by atoms with E-state index in [0.29, 0.717) is 5.75 Å². The smallest absolute Gasteiger partial charge is 0.314 e. The van der Waals surface area contributed by atoms with E-state index in [-0.39, 0.29) is 11.5 Å². The maximum atomic E-state index is 14.0. The summed E-state index contributed by atoms with van der Waals surface area (Å²) >= 11 is 0. The first-order valence-corrected chi connectivity index (χ1v) is 5.47. The van der Waals surface area contributed by atoms with E-state index in [2.05, 4.69) is 0 Å². The lowest BCUT2D eigenvalue weighted by Gasteiger charge is -2.25. The minimum absolute atomic E-state index is 0.0173. The molecular formula is C13H16F2O. The van der Waals surface area contributed by atoms with Gasteiger partial charge >= 0.3 is 5.92 Å². The molecule has 0 radical (unpaired) electrons. The highest BCUT2D eigenvalue weighted by molar-refractivity contribution is 5.50. The lowest BCUT2D eigenvalue weighted by molar-refractivity contribution is -0.127. The average molecular weight is 226 g/mol. The molecule has 0 N–H and O–H groups in total. The van der Waals surface area contributed by atoms with Crippen molar-refractivity contribution in [3.05, 3.63) is 29.3 Å². The molecule has 88 valence electrons. The zero-order valence-electron chi connectivity index (χ0n) is 9.97. The summed E-state index contributed by atoms with van der Waals surface area (Å²) < 4.78 is 33.5. The summed E-state index contributed by atoms with van der Waals surface area (Å²) in [5.74, 6) is -2.38. The molecule has 2 rings (SSSR count). The van der Waals surface area contributed by atoms with Gasteiger partial charge < -0.3 is 4.74 Å². The van der Waals surface area contributed by atoms with E-state index in [1.54, 1.807) is 6.07 Å². The molecule has 1 aromatic carbocycles. The van der Waals surface area contributed by atoms with Crippen LogP contribution in [-0.4, -0.2) is 5.60 Å². The Labute approximate surface area is 94.4 Å². The molecule has 0 amide bonds. The highest BCUT2D eigenvalue weighted by Gasteiger charge is 2.57. The standard InChI is InChI=1S/C13H16F2O/c1-8(2)9-6-5-7-10-11(9)16-12(3,4)13(10,14)15/h5-8H,1-4H3. The van der Waals surface area contributed by atoms with Crippen LogP contribution in [0.25, 0.3) is 0 Å². The first kappa shape index (κ1) is 11.4. The fourth-order valence-electron chi connectivity index (χ4n) is 2.01. The summed E-state index contributed by atoms with van der Waals surface area (Å²) in [4.78, 5) is 0. The second-order valence-corrected chi connectivity index (χ2v) is 5.07. The van der Waals surface area contributed by atoms with E-state index < -0.39 is 11.5 Å².